The van der Waals surface area contributed by atoms with Gasteiger partial charge >= 0.3 is 0 Å². The third-order valence-electron chi connectivity index (χ3n) is 6.91. The Morgan fingerprint density at radius 3 is 2.26 bits per heavy atom. The van der Waals surface area contributed by atoms with Crippen molar-refractivity contribution in [2.24, 2.45) is 0 Å². The van der Waals surface area contributed by atoms with Crippen LogP contribution in [0.25, 0.3) is 10.9 Å². The molecular weight excluding hydrogens is 491 g/mol. The van der Waals surface area contributed by atoms with E-state index in [0.717, 1.165) is 28.5 Å². The molecule has 39 heavy (non-hydrogen) atoms. The first-order chi connectivity index (χ1) is 18.7. The highest BCUT2D eigenvalue weighted by Crippen LogP contribution is 2.32. The number of hydrogen-bond acceptors (Lipinski definition) is 5. The lowest BCUT2D eigenvalue weighted by atomic mass is 9.99. The number of fused-ring (bicyclic) bond motifs is 1. The molecule has 2 heterocycles. The summed E-state index contributed by atoms with van der Waals surface area (Å²) in [6, 6.07) is 24.0. The molecule has 3 aromatic carbocycles. The molecule has 2 aromatic heterocycles. The van der Waals surface area contributed by atoms with Crippen molar-refractivity contribution in [2.45, 2.75) is 58.8 Å². The first-order valence-corrected chi connectivity index (χ1v) is 13.2. The van der Waals surface area contributed by atoms with Crippen LogP contribution in [0.2, 0.25) is 0 Å². The van der Waals surface area contributed by atoms with Crippen LogP contribution < -0.4 is 5.56 Å². The second-order valence-electron chi connectivity index (χ2n) is 10.9. The quantitative estimate of drug-likeness (QED) is 0.279. The third-order valence-corrected chi connectivity index (χ3v) is 6.91. The molecule has 0 fully saturated rings. The average molecular weight is 525 g/mol. The maximum Gasteiger partial charge on any atom is 0.253 e. The Kier molecular flexibility index (Phi) is 7.39. The second-order valence-corrected chi connectivity index (χ2v) is 10.9. The van der Waals surface area contributed by atoms with Crippen LogP contribution in [0.15, 0.2) is 83.7 Å². The van der Waals surface area contributed by atoms with Crippen LogP contribution in [0.4, 0.5) is 4.39 Å². The van der Waals surface area contributed by atoms with Crippen molar-refractivity contribution in [3.8, 4) is 0 Å². The standard InChI is InChI=1S/C31H33FN6O/c1-5-21-13-16-27-24(17-21)18-26(30(39)33-27)28(29-34-35-36-38(29)31(2,3)4)37(19-22-9-7-6-8-10-22)20-23-11-14-25(32)15-12-23/h6-18,28H,5,19-20H2,1-4H3,(H,33,39)/t28-/m1/s1. The monoisotopic (exact) mass is 524 g/mol. The van der Waals surface area contributed by atoms with E-state index in [1.165, 1.54) is 17.7 Å². The van der Waals surface area contributed by atoms with Gasteiger partial charge in [0.05, 0.1) is 5.54 Å². The topological polar surface area (TPSA) is 79.7 Å². The molecule has 7 nitrogen and oxygen atoms in total. The molecule has 0 saturated heterocycles. The molecule has 200 valence electrons. The summed E-state index contributed by atoms with van der Waals surface area (Å²) in [7, 11) is 0. The smallest absolute Gasteiger partial charge is 0.253 e. The Hall–Kier alpha value is -4.17. The summed E-state index contributed by atoms with van der Waals surface area (Å²) in [6.45, 7) is 9.17. The summed E-state index contributed by atoms with van der Waals surface area (Å²) in [5, 5.41) is 13.8. The zero-order valence-electron chi connectivity index (χ0n) is 22.7. The number of aromatic amines is 1. The third kappa shape index (κ3) is 5.81. The number of hydrogen-bond donors (Lipinski definition) is 1. The van der Waals surface area contributed by atoms with Gasteiger partial charge in [-0.25, -0.2) is 9.07 Å². The molecule has 0 aliphatic carbocycles. The van der Waals surface area contributed by atoms with Crippen LogP contribution in [0.3, 0.4) is 0 Å². The van der Waals surface area contributed by atoms with Gasteiger partial charge in [0.25, 0.3) is 5.56 Å². The minimum Gasteiger partial charge on any atom is -0.322 e. The highest BCUT2D eigenvalue weighted by molar-refractivity contribution is 5.80. The van der Waals surface area contributed by atoms with Crippen LogP contribution in [0.5, 0.6) is 0 Å². The van der Waals surface area contributed by atoms with Crippen molar-refractivity contribution in [2.75, 3.05) is 0 Å². The number of pyridine rings is 1. The van der Waals surface area contributed by atoms with Gasteiger partial charge in [-0.15, -0.1) is 5.10 Å². The van der Waals surface area contributed by atoms with Crippen molar-refractivity contribution in [1.82, 2.24) is 30.1 Å². The number of aromatic nitrogens is 5. The molecule has 1 atom stereocenters. The molecule has 0 saturated carbocycles. The van der Waals surface area contributed by atoms with Crippen LogP contribution >= 0.6 is 0 Å². The van der Waals surface area contributed by atoms with Gasteiger partial charge in [0, 0.05) is 24.2 Å². The van der Waals surface area contributed by atoms with E-state index in [1.54, 1.807) is 16.8 Å². The van der Waals surface area contributed by atoms with Gasteiger partial charge in [-0.1, -0.05) is 55.5 Å². The van der Waals surface area contributed by atoms with Crippen LogP contribution in [0.1, 0.15) is 61.8 Å². The van der Waals surface area contributed by atoms with Gasteiger partial charge in [-0.2, -0.15) is 0 Å². The highest BCUT2D eigenvalue weighted by atomic mass is 19.1. The lowest BCUT2D eigenvalue weighted by Gasteiger charge is -2.33. The average Bonchev–Trinajstić information content (AvgIpc) is 3.41. The van der Waals surface area contributed by atoms with Crippen molar-refractivity contribution < 1.29 is 4.39 Å². The number of nitrogens with zero attached hydrogens (tertiary/aromatic N) is 5. The number of aryl methyl sites for hydroxylation is 1. The fourth-order valence-electron chi connectivity index (χ4n) is 4.92. The molecule has 5 rings (SSSR count). The van der Waals surface area contributed by atoms with E-state index in [2.05, 4.69) is 50.5 Å². The van der Waals surface area contributed by atoms with E-state index in [0.29, 0.717) is 24.5 Å². The number of benzene rings is 3. The summed E-state index contributed by atoms with van der Waals surface area (Å²) < 4.78 is 15.6. The van der Waals surface area contributed by atoms with Gasteiger partial charge in [0.2, 0.25) is 0 Å². The second kappa shape index (κ2) is 10.9. The maximum absolute atomic E-state index is 13.8. The zero-order chi connectivity index (χ0) is 27.6. The molecule has 0 unspecified atom stereocenters. The number of rotatable bonds is 8. The van der Waals surface area contributed by atoms with E-state index in [-0.39, 0.29) is 11.4 Å². The summed E-state index contributed by atoms with van der Waals surface area (Å²) in [5.74, 6) is 0.274. The van der Waals surface area contributed by atoms with Gasteiger partial charge in [-0.3, -0.25) is 9.69 Å². The first kappa shape index (κ1) is 26.4. The SMILES string of the molecule is CCc1ccc2[nH]c(=O)c([C@H](c3nnnn3C(C)(C)C)N(Cc3ccccc3)Cc3ccc(F)cc3)cc2c1. The fraction of sp³-hybridized carbons (Fsp3) is 0.290. The Morgan fingerprint density at radius 2 is 1.59 bits per heavy atom. The highest BCUT2D eigenvalue weighted by Gasteiger charge is 2.33. The van der Waals surface area contributed by atoms with Crippen molar-refractivity contribution in [1.29, 1.82) is 0 Å². The number of tetrazole rings is 1. The number of H-pyrrole nitrogens is 1. The van der Waals surface area contributed by atoms with E-state index in [1.807, 2.05) is 57.2 Å². The Labute approximate surface area is 227 Å². The van der Waals surface area contributed by atoms with Crippen molar-refractivity contribution in [3.63, 3.8) is 0 Å². The predicted octanol–water partition coefficient (Wildman–Crippen LogP) is 5.76. The Morgan fingerprint density at radius 1 is 0.923 bits per heavy atom. The summed E-state index contributed by atoms with van der Waals surface area (Å²) >= 11 is 0. The lowest BCUT2D eigenvalue weighted by Crippen LogP contribution is -2.37. The molecule has 8 heteroatoms. The number of nitrogens with one attached hydrogen (secondary N) is 1. The molecule has 0 spiro atoms. The van der Waals surface area contributed by atoms with E-state index >= 15 is 0 Å². The molecule has 0 bridgehead atoms. The minimum atomic E-state index is -0.581. The molecule has 0 aliphatic rings. The molecule has 0 radical (unpaired) electrons. The molecule has 0 aliphatic heterocycles. The number of halogens is 1. The maximum atomic E-state index is 13.8. The van der Waals surface area contributed by atoms with Crippen molar-refractivity contribution in [3.05, 3.63) is 123 Å². The van der Waals surface area contributed by atoms with Gasteiger partial charge in [-0.05, 0) is 90.0 Å². The lowest BCUT2D eigenvalue weighted by molar-refractivity contribution is 0.184. The van der Waals surface area contributed by atoms with Crippen LogP contribution in [0, 0.1) is 5.82 Å². The molecule has 1 N–H and O–H groups in total. The normalized spacial score (nSPS) is 12.8. The minimum absolute atomic E-state index is 0.197. The Balaban J connectivity index is 1.73. The van der Waals surface area contributed by atoms with E-state index in [4.69, 9.17) is 0 Å². The van der Waals surface area contributed by atoms with E-state index in [9.17, 15) is 9.18 Å². The van der Waals surface area contributed by atoms with Gasteiger partial charge < -0.3 is 4.98 Å². The van der Waals surface area contributed by atoms with Crippen LogP contribution in [-0.4, -0.2) is 30.1 Å². The zero-order valence-corrected chi connectivity index (χ0v) is 22.7. The largest absolute Gasteiger partial charge is 0.322 e. The molecule has 5 aromatic rings. The Bertz CT molecular complexity index is 1620. The van der Waals surface area contributed by atoms with E-state index < -0.39 is 11.6 Å². The van der Waals surface area contributed by atoms with Gasteiger partial charge in [0.1, 0.15) is 11.9 Å². The summed E-state index contributed by atoms with van der Waals surface area (Å²) in [5.41, 5.74) is 3.88. The van der Waals surface area contributed by atoms with Crippen molar-refractivity contribution >= 4 is 10.9 Å². The molecule has 0 amide bonds. The fourth-order valence-corrected chi connectivity index (χ4v) is 4.92. The van der Waals surface area contributed by atoms with Gasteiger partial charge in [0.15, 0.2) is 5.82 Å². The van der Waals surface area contributed by atoms with Crippen LogP contribution in [-0.2, 0) is 25.0 Å². The molecular formula is C31H33FN6O. The predicted molar refractivity (Wildman–Crippen MR) is 151 cm³/mol. The first-order valence-electron chi connectivity index (χ1n) is 13.2. The summed E-state index contributed by atoms with van der Waals surface area (Å²) in [6.07, 6.45) is 0.890. The summed E-state index contributed by atoms with van der Waals surface area (Å²) in [4.78, 5) is 19.0.